The molecule has 1 aromatic heterocycles. The highest BCUT2D eigenvalue weighted by Gasteiger charge is 2.57. The van der Waals surface area contributed by atoms with E-state index < -0.39 is 17.7 Å². The summed E-state index contributed by atoms with van der Waals surface area (Å²) in [5, 5.41) is 14.1. The first kappa shape index (κ1) is 20.1. The lowest BCUT2D eigenvalue weighted by molar-refractivity contribution is -0.250. The minimum Gasteiger partial charge on any atom is -0.373 e. The van der Waals surface area contributed by atoms with Crippen LogP contribution in [0.1, 0.15) is 50.3 Å². The summed E-state index contributed by atoms with van der Waals surface area (Å²) < 4.78 is 40.8. The van der Waals surface area contributed by atoms with Gasteiger partial charge < -0.3 is 14.9 Å². The lowest BCUT2D eigenvalue weighted by Crippen LogP contribution is -2.57. The van der Waals surface area contributed by atoms with Crippen LogP contribution >= 0.6 is 0 Å². The van der Waals surface area contributed by atoms with Gasteiger partial charge in [-0.15, -0.1) is 0 Å². The van der Waals surface area contributed by atoms with Crippen molar-refractivity contribution in [1.82, 2.24) is 19.6 Å². The van der Waals surface area contributed by atoms with Crippen LogP contribution in [-0.4, -0.2) is 75.6 Å². The van der Waals surface area contributed by atoms with Crippen molar-refractivity contribution in [2.24, 2.45) is 0 Å². The second kappa shape index (κ2) is 7.43. The van der Waals surface area contributed by atoms with Gasteiger partial charge in [0.1, 0.15) is 0 Å². The number of aromatic nitrogens is 2. The van der Waals surface area contributed by atoms with E-state index in [2.05, 4.69) is 21.7 Å². The number of aliphatic hydroxyl groups is 1. The van der Waals surface area contributed by atoms with E-state index >= 15 is 0 Å². The van der Waals surface area contributed by atoms with E-state index in [4.69, 9.17) is 0 Å². The number of hydrogen-bond acceptors (Lipinski definition) is 4. The smallest absolute Gasteiger partial charge is 0.373 e. The van der Waals surface area contributed by atoms with E-state index in [1.807, 2.05) is 6.07 Å². The molecule has 1 amide bonds. The summed E-state index contributed by atoms with van der Waals surface area (Å²) in [6.45, 7) is 2.96. The molecule has 0 spiro atoms. The fourth-order valence-corrected chi connectivity index (χ4v) is 4.00. The van der Waals surface area contributed by atoms with Crippen LogP contribution in [0.4, 0.5) is 13.2 Å². The van der Waals surface area contributed by atoms with Gasteiger partial charge in [-0.3, -0.25) is 9.48 Å². The summed E-state index contributed by atoms with van der Waals surface area (Å²) in [7, 11) is 2.10. The standard InChI is InChI=1S/C18H27F3N4O2/c1-17(27,18(19,20)21)16(26)24-11-4-13(5-12-24)15-3-8-22-25(15)14-6-9-23(2)10-7-14/h3,8,13-14,27H,4-7,9-12H2,1-2H3. The Morgan fingerprint density at radius 3 is 2.30 bits per heavy atom. The minimum absolute atomic E-state index is 0.159. The highest BCUT2D eigenvalue weighted by molar-refractivity contribution is 5.85. The Morgan fingerprint density at radius 2 is 1.74 bits per heavy atom. The first-order chi connectivity index (χ1) is 12.6. The van der Waals surface area contributed by atoms with E-state index in [0.717, 1.165) is 36.5 Å². The lowest BCUT2D eigenvalue weighted by Gasteiger charge is -2.37. The van der Waals surface area contributed by atoms with Crippen LogP contribution in [0, 0.1) is 0 Å². The molecule has 27 heavy (non-hydrogen) atoms. The van der Waals surface area contributed by atoms with Gasteiger partial charge in [0.05, 0.1) is 6.04 Å². The maximum Gasteiger partial charge on any atom is 0.426 e. The zero-order valence-corrected chi connectivity index (χ0v) is 15.7. The summed E-state index contributed by atoms with van der Waals surface area (Å²) in [4.78, 5) is 15.6. The van der Waals surface area contributed by atoms with Crippen LogP contribution in [-0.2, 0) is 4.79 Å². The Bertz CT molecular complexity index is 658. The van der Waals surface area contributed by atoms with Crippen molar-refractivity contribution >= 4 is 5.91 Å². The molecule has 0 radical (unpaired) electrons. The van der Waals surface area contributed by atoms with Crippen LogP contribution < -0.4 is 0 Å². The number of amides is 1. The van der Waals surface area contributed by atoms with Gasteiger partial charge in [0.2, 0.25) is 5.60 Å². The SMILES string of the molecule is CN1CCC(n2nccc2C2CCN(C(=O)C(C)(O)C(F)(F)F)CC2)CC1. The molecule has 0 bridgehead atoms. The van der Waals surface area contributed by atoms with Gasteiger partial charge in [-0.1, -0.05) is 0 Å². The second-order valence-electron chi connectivity index (χ2n) is 7.87. The molecule has 1 N–H and O–H groups in total. The molecule has 3 heterocycles. The maximum absolute atomic E-state index is 12.9. The predicted octanol–water partition coefficient (Wildman–Crippen LogP) is 2.17. The summed E-state index contributed by atoms with van der Waals surface area (Å²) in [5.41, 5.74) is -2.24. The zero-order chi connectivity index (χ0) is 19.8. The predicted molar refractivity (Wildman–Crippen MR) is 93.2 cm³/mol. The quantitative estimate of drug-likeness (QED) is 0.862. The molecular formula is C18H27F3N4O2. The summed E-state index contributed by atoms with van der Waals surface area (Å²) in [6.07, 6.45) is -0.0166. The molecule has 0 aliphatic carbocycles. The molecule has 2 fully saturated rings. The normalized spacial score (nSPS) is 23.4. The average Bonchev–Trinajstić information content (AvgIpc) is 3.10. The average molecular weight is 388 g/mol. The summed E-state index contributed by atoms with van der Waals surface area (Å²) >= 11 is 0. The highest BCUT2D eigenvalue weighted by Crippen LogP contribution is 2.35. The van der Waals surface area contributed by atoms with Gasteiger partial charge in [-0.25, -0.2) is 0 Å². The molecule has 1 unspecified atom stereocenters. The number of piperidine rings is 2. The minimum atomic E-state index is -4.98. The molecule has 2 saturated heterocycles. The van der Waals surface area contributed by atoms with Crippen molar-refractivity contribution < 1.29 is 23.1 Å². The fourth-order valence-electron chi connectivity index (χ4n) is 4.00. The number of carbonyl (C=O) groups excluding carboxylic acids is 1. The van der Waals surface area contributed by atoms with E-state index in [-0.39, 0.29) is 19.0 Å². The topological polar surface area (TPSA) is 61.6 Å². The molecule has 9 heteroatoms. The lowest BCUT2D eigenvalue weighted by atomic mass is 9.91. The van der Waals surface area contributed by atoms with Crippen LogP contribution in [0.5, 0.6) is 0 Å². The van der Waals surface area contributed by atoms with Crippen LogP contribution in [0.2, 0.25) is 0 Å². The van der Waals surface area contributed by atoms with Crippen LogP contribution in [0.3, 0.4) is 0 Å². The van der Waals surface area contributed by atoms with Crippen molar-refractivity contribution in [2.75, 3.05) is 33.2 Å². The molecule has 6 nitrogen and oxygen atoms in total. The second-order valence-corrected chi connectivity index (χ2v) is 7.87. The van der Waals surface area contributed by atoms with E-state index in [0.29, 0.717) is 25.8 Å². The van der Waals surface area contributed by atoms with Gasteiger partial charge in [0.15, 0.2) is 0 Å². The third-order valence-corrected chi connectivity index (χ3v) is 5.90. The van der Waals surface area contributed by atoms with Gasteiger partial charge in [-0.05, 0) is 58.8 Å². The van der Waals surface area contributed by atoms with Crippen molar-refractivity contribution in [3.8, 4) is 0 Å². The number of alkyl halides is 3. The van der Waals surface area contributed by atoms with Gasteiger partial charge in [-0.2, -0.15) is 18.3 Å². The first-order valence-corrected chi connectivity index (χ1v) is 9.41. The molecule has 1 atom stereocenters. The summed E-state index contributed by atoms with van der Waals surface area (Å²) in [6, 6.07) is 2.32. The molecule has 0 saturated carbocycles. The molecule has 2 aliphatic heterocycles. The van der Waals surface area contributed by atoms with E-state index in [1.165, 1.54) is 0 Å². The van der Waals surface area contributed by atoms with Crippen molar-refractivity contribution in [3.05, 3.63) is 18.0 Å². The third-order valence-electron chi connectivity index (χ3n) is 5.90. The molecule has 152 valence electrons. The van der Waals surface area contributed by atoms with Crippen LogP contribution in [0.25, 0.3) is 0 Å². The molecule has 3 rings (SSSR count). The molecule has 1 aromatic rings. The van der Waals surface area contributed by atoms with Gasteiger partial charge in [0.25, 0.3) is 5.91 Å². The molecule has 2 aliphatic rings. The number of rotatable bonds is 3. The molecule has 0 aromatic carbocycles. The zero-order valence-electron chi connectivity index (χ0n) is 15.7. The van der Waals surface area contributed by atoms with Crippen molar-refractivity contribution in [1.29, 1.82) is 0 Å². The third kappa shape index (κ3) is 3.99. The Kier molecular flexibility index (Phi) is 5.54. The molecular weight excluding hydrogens is 361 g/mol. The monoisotopic (exact) mass is 388 g/mol. The van der Waals surface area contributed by atoms with Crippen molar-refractivity contribution in [2.45, 2.75) is 56.3 Å². The van der Waals surface area contributed by atoms with E-state index in [9.17, 15) is 23.1 Å². The van der Waals surface area contributed by atoms with Gasteiger partial charge in [0, 0.05) is 30.9 Å². The van der Waals surface area contributed by atoms with Crippen molar-refractivity contribution in [3.63, 3.8) is 0 Å². The van der Waals surface area contributed by atoms with Gasteiger partial charge >= 0.3 is 6.18 Å². The largest absolute Gasteiger partial charge is 0.426 e. The number of nitrogens with zero attached hydrogens (tertiary/aromatic N) is 4. The maximum atomic E-state index is 12.9. The van der Waals surface area contributed by atoms with Crippen LogP contribution in [0.15, 0.2) is 12.3 Å². The number of likely N-dealkylation sites (tertiary alicyclic amines) is 2. The Balaban J connectivity index is 1.64. The number of halogens is 3. The Hall–Kier alpha value is -1.61. The highest BCUT2D eigenvalue weighted by atomic mass is 19.4. The Morgan fingerprint density at radius 1 is 1.15 bits per heavy atom. The summed E-state index contributed by atoms with van der Waals surface area (Å²) in [5.74, 6) is -1.11. The first-order valence-electron chi connectivity index (χ1n) is 9.41. The number of hydrogen-bond donors (Lipinski definition) is 1. The number of carbonyl (C=O) groups is 1. The fraction of sp³-hybridized carbons (Fsp3) is 0.778. The Labute approximate surface area is 156 Å². The van der Waals surface area contributed by atoms with E-state index in [1.54, 1.807) is 6.20 Å².